The Balaban J connectivity index is 1.63. The van der Waals surface area contributed by atoms with Crippen molar-refractivity contribution in [2.24, 2.45) is 0 Å². The van der Waals surface area contributed by atoms with Gasteiger partial charge in [-0.25, -0.2) is 8.42 Å². The number of para-hydroxylation sites is 1. The van der Waals surface area contributed by atoms with Crippen molar-refractivity contribution in [2.75, 3.05) is 26.2 Å². The molecule has 3 rings (SSSR count). The second kappa shape index (κ2) is 9.40. The molecule has 0 saturated carbocycles. The molecule has 31 heavy (non-hydrogen) atoms. The Hall–Kier alpha value is -2.38. The number of carbonyl (C=O) groups is 1. The molecule has 1 aliphatic rings. The maximum absolute atomic E-state index is 12.9. The van der Waals surface area contributed by atoms with E-state index in [0.717, 1.165) is 24.2 Å². The Morgan fingerprint density at radius 3 is 2.45 bits per heavy atom. The normalized spacial score (nSPS) is 15.1. The van der Waals surface area contributed by atoms with Crippen LogP contribution in [0.4, 0.5) is 0 Å². The number of amides is 1. The van der Waals surface area contributed by atoms with Crippen LogP contribution < -0.4 is 10.1 Å². The van der Waals surface area contributed by atoms with E-state index in [4.69, 9.17) is 4.74 Å². The predicted octanol–water partition coefficient (Wildman–Crippen LogP) is 3.89. The summed E-state index contributed by atoms with van der Waals surface area (Å²) in [6.45, 7) is 9.84. The van der Waals surface area contributed by atoms with Crippen LogP contribution in [-0.2, 0) is 15.4 Å². The van der Waals surface area contributed by atoms with Gasteiger partial charge in [0.15, 0.2) is 0 Å². The second-order valence-corrected chi connectivity index (χ2v) is 10.8. The molecular formula is C24H32N2O4S. The number of benzene rings is 2. The average Bonchev–Trinajstić information content (AvgIpc) is 3.26. The number of aryl methyl sites for hydroxylation is 1. The lowest BCUT2D eigenvalue weighted by molar-refractivity contribution is 0.0946. The highest BCUT2D eigenvalue weighted by Crippen LogP contribution is 2.30. The number of hydrogen-bond acceptors (Lipinski definition) is 4. The Morgan fingerprint density at radius 2 is 1.77 bits per heavy atom. The van der Waals surface area contributed by atoms with Crippen LogP contribution in [0.3, 0.4) is 0 Å². The molecule has 1 aliphatic heterocycles. The molecule has 6 nitrogen and oxygen atoms in total. The number of nitrogens with one attached hydrogen (secondary N) is 1. The zero-order valence-electron chi connectivity index (χ0n) is 18.8. The van der Waals surface area contributed by atoms with E-state index in [1.165, 1.54) is 10.4 Å². The molecule has 1 N–H and O–H groups in total. The monoisotopic (exact) mass is 444 g/mol. The topological polar surface area (TPSA) is 75.7 Å². The van der Waals surface area contributed by atoms with Gasteiger partial charge in [-0.15, -0.1) is 0 Å². The lowest BCUT2D eigenvalue weighted by Crippen LogP contribution is -2.30. The molecule has 0 spiro atoms. The van der Waals surface area contributed by atoms with Crippen LogP contribution in [0.5, 0.6) is 5.75 Å². The third kappa shape index (κ3) is 5.46. The Labute approximate surface area is 185 Å². The first-order valence-electron chi connectivity index (χ1n) is 10.7. The summed E-state index contributed by atoms with van der Waals surface area (Å²) in [5, 5.41) is 2.82. The lowest BCUT2D eigenvalue weighted by Gasteiger charge is -2.22. The molecule has 0 radical (unpaired) electrons. The van der Waals surface area contributed by atoms with Crippen LogP contribution in [0.2, 0.25) is 0 Å². The SMILES string of the molecule is Cc1ccc(C(=O)NCCOc2ccccc2C(C)(C)C)cc1S(=O)(=O)N1CCCC1. The fourth-order valence-corrected chi connectivity index (χ4v) is 5.49. The van der Waals surface area contributed by atoms with Gasteiger partial charge in [0.25, 0.3) is 5.91 Å². The Kier molecular flexibility index (Phi) is 7.06. The number of ether oxygens (including phenoxy) is 1. The van der Waals surface area contributed by atoms with Gasteiger partial charge in [-0.05, 0) is 54.5 Å². The molecule has 1 saturated heterocycles. The minimum absolute atomic E-state index is 0.0427. The van der Waals surface area contributed by atoms with Crippen LogP contribution in [0.25, 0.3) is 0 Å². The van der Waals surface area contributed by atoms with Crippen molar-refractivity contribution in [3.63, 3.8) is 0 Å². The number of carbonyl (C=O) groups excluding carboxylic acids is 1. The zero-order chi connectivity index (χ0) is 22.6. The molecule has 2 aromatic carbocycles. The first-order chi connectivity index (χ1) is 14.6. The minimum Gasteiger partial charge on any atom is -0.491 e. The maximum Gasteiger partial charge on any atom is 0.251 e. The van der Waals surface area contributed by atoms with E-state index in [2.05, 4.69) is 26.1 Å². The van der Waals surface area contributed by atoms with Gasteiger partial charge < -0.3 is 10.1 Å². The standard InChI is InChI=1S/C24H32N2O4S/c1-18-11-12-19(17-22(18)31(28,29)26-14-7-8-15-26)23(27)25-13-16-30-21-10-6-5-9-20(21)24(2,3)4/h5-6,9-12,17H,7-8,13-16H2,1-4H3,(H,25,27). The number of hydrogen-bond donors (Lipinski definition) is 1. The summed E-state index contributed by atoms with van der Waals surface area (Å²) < 4.78 is 33.3. The molecule has 168 valence electrons. The van der Waals surface area contributed by atoms with Crippen LogP contribution in [0, 0.1) is 6.92 Å². The van der Waals surface area contributed by atoms with E-state index in [-0.39, 0.29) is 16.2 Å². The van der Waals surface area contributed by atoms with E-state index in [9.17, 15) is 13.2 Å². The van der Waals surface area contributed by atoms with Gasteiger partial charge in [0.05, 0.1) is 11.4 Å². The van der Waals surface area contributed by atoms with Gasteiger partial charge in [0, 0.05) is 18.7 Å². The first kappa shape index (κ1) is 23.3. The van der Waals surface area contributed by atoms with Crippen LogP contribution in [0.1, 0.15) is 55.1 Å². The summed E-state index contributed by atoms with van der Waals surface area (Å²) in [5.41, 5.74) is 2.04. The fraction of sp³-hybridized carbons (Fsp3) is 0.458. The number of rotatable bonds is 7. The van der Waals surface area contributed by atoms with Crippen molar-refractivity contribution in [1.82, 2.24) is 9.62 Å². The summed E-state index contributed by atoms with van der Waals surface area (Å²) >= 11 is 0. The van der Waals surface area contributed by atoms with Gasteiger partial charge in [0.2, 0.25) is 10.0 Å². The predicted molar refractivity (Wildman–Crippen MR) is 122 cm³/mol. The van der Waals surface area contributed by atoms with Crippen molar-refractivity contribution in [2.45, 2.75) is 50.8 Å². The molecule has 0 unspecified atom stereocenters. The lowest BCUT2D eigenvalue weighted by atomic mass is 9.86. The van der Waals surface area contributed by atoms with Crippen LogP contribution >= 0.6 is 0 Å². The molecule has 0 bridgehead atoms. The van der Waals surface area contributed by atoms with Crippen molar-refractivity contribution in [1.29, 1.82) is 0 Å². The molecular weight excluding hydrogens is 412 g/mol. The van der Waals surface area contributed by atoms with Crippen molar-refractivity contribution in [3.8, 4) is 5.75 Å². The highest BCUT2D eigenvalue weighted by Gasteiger charge is 2.29. The third-order valence-corrected chi connectivity index (χ3v) is 7.51. The largest absolute Gasteiger partial charge is 0.491 e. The summed E-state index contributed by atoms with van der Waals surface area (Å²) in [6, 6.07) is 12.7. The summed E-state index contributed by atoms with van der Waals surface area (Å²) in [4.78, 5) is 12.8. The minimum atomic E-state index is -3.58. The van der Waals surface area contributed by atoms with Gasteiger partial charge in [-0.3, -0.25) is 4.79 Å². The van der Waals surface area contributed by atoms with E-state index in [1.807, 2.05) is 24.3 Å². The van der Waals surface area contributed by atoms with Crippen molar-refractivity contribution >= 4 is 15.9 Å². The highest BCUT2D eigenvalue weighted by atomic mass is 32.2. The molecule has 2 aromatic rings. The van der Waals surface area contributed by atoms with Gasteiger partial charge in [0.1, 0.15) is 12.4 Å². The average molecular weight is 445 g/mol. The van der Waals surface area contributed by atoms with Gasteiger partial charge >= 0.3 is 0 Å². The van der Waals surface area contributed by atoms with E-state index >= 15 is 0 Å². The highest BCUT2D eigenvalue weighted by molar-refractivity contribution is 7.89. The number of nitrogens with zero attached hydrogens (tertiary/aromatic N) is 1. The summed E-state index contributed by atoms with van der Waals surface area (Å²) in [6.07, 6.45) is 1.74. The van der Waals surface area contributed by atoms with Crippen LogP contribution in [-0.4, -0.2) is 44.9 Å². The van der Waals surface area contributed by atoms with Gasteiger partial charge in [-0.2, -0.15) is 4.31 Å². The quantitative estimate of drug-likeness (QED) is 0.658. The van der Waals surface area contributed by atoms with Crippen molar-refractivity contribution in [3.05, 3.63) is 59.2 Å². The maximum atomic E-state index is 12.9. The Bertz CT molecular complexity index is 1040. The smallest absolute Gasteiger partial charge is 0.251 e. The molecule has 1 fully saturated rings. The van der Waals surface area contributed by atoms with E-state index in [0.29, 0.717) is 37.4 Å². The second-order valence-electron chi connectivity index (χ2n) is 8.94. The van der Waals surface area contributed by atoms with Crippen molar-refractivity contribution < 1.29 is 17.9 Å². The van der Waals surface area contributed by atoms with Crippen LogP contribution in [0.15, 0.2) is 47.4 Å². The molecule has 0 atom stereocenters. The molecule has 1 heterocycles. The molecule has 0 aromatic heterocycles. The third-order valence-electron chi connectivity index (χ3n) is 5.47. The summed E-state index contributed by atoms with van der Waals surface area (Å²) in [5.74, 6) is 0.490. The zero-order valence-corrected chi connectivity index (χ0v) is 19.6. The number of sulfonamides is 1. The first-order valence-corrected chi connectivity index (χ1v) is 12.2. The summed E-state index contributed by atoms with van der Waals surface area (Å²) in [7, 11) is -3.58. The van der Waals surface area contributed by atoms with E-state index < -0.39 is 10.0 Å². The molecule has 1 amide bonds. The fourth-order valence-electron chi connectivity index (χ4n) is 3.73. The van der Waals surface area contributed by atoms with Gasteiger partial charge in [-0.1, -0.05) is 45.0 Å². The molecule has 7 heteroatoms. The van der Waals surface area contributed by atoms with E-state index in [1.54, 1.807) is 19.1 Å². The molecule has 0 aliphatic carbocycles. The Morgan fingerprint density at radius 1 is 1.10 bits per heavy atom.